The molecule has 0 spiro atoms. The monoisotopic (exact) mass is 546 g/mol. The Morgan fingerprint density at radius 1 is 0.537 bits per heavy atom. The van der Waals surface area contributed by atoms with Crippen molar-refractivity contribution in [2.45, 2.75) is 0 Å². The highest BCUT2D eigenvalue weighted by Gasteiger charge is 2.30. The lowest BCUT2D eigenvalue weighted by atomic mass is 10.0. The van der Waals surface area contributed by atoms with E-state index in [-0.39, 0.29) is 0 Å². The number of aromatic nitrogens is 4. The first kappa shape index (κ1) is 23.7. The molecule has 8 rings (SSSR count). The predicted octanol–water partition coefficient (Wildman–Crippen LogP) is 6.89. The molecule has 0 fully saturated rings. The van der Waals surface area contributed by atoms with E-state index < -0.39 is 7.14 Å². The van der Waals surface area contributed by atoms with Crippen LogP contribution in [0.15, 0.2) is 140 Å². The third-order valence-corrected chi connectivity index (χ3v) is 10.8. The molecule has 0 amide bonds. The van der Waals surface area contributed by atoms with E-state index in [1.165, 1.54) is 0 Å². The van der Waals surface area contributed by atoms with Crippen LogP contribution in [0.4, 0.5) is 0 Å². The molecule has 0 saturated carbocycles. The van der Waals surface area contributed by atoms with Gasteiger partial charge in [-0.15, -0.1) is 0 Å². The molecular formula is C35H23N4OP. The Kier molecular flexibility index (Phi) is 5.34. The van der Waals surface area contributed by atoms with Crippen LogP contribution >= 0.6 is 7.14 Å². The van der Waals surface area contributed by atoms with Crippen molar-refractivity contribution in [3.8, 4) is 11.4 Å². The molecule has 0 aliphatic carbocycles. The Morgan fingerprint density at radius 3 is 1.85 bits per heavy atom. The van der Waals surface area contributed by atoms with Crippen molar-refractivity contribution in [1.29, 1.82) is 0 Å². The van der Waals surface area contributed by atoms with Crippen LogP contribution in [0.2, 0.25) is 0 Å². The van der Waals surface area contributed by atoms with E-state index in [4.69, 9.17) is 15.0 Å². The zero-order valence-electron chi connectivity index (χ0n) is 21.9. The number of rotatable bonds is 4. The van der Waals surface area contributed by atoms with Crippen LogP contribution in [-0.4, -0.2) is 19.4 Å². The molecule has 0 aliphatic heterocycles. The molecule has 0 radical (unpaired) electrons. The van der Waals surface area contributed by atoms with E-state index in [0.717, 1.165) is 54.5 Å². The maximum atomic E-state index is 14.7. The highest BCUT2D eigenvalue weighted by atomic mass is 31.2. The Hall–Kier alpha value is -5.12. The van der Waals surface area contributed by atoms with Gasteiger partial charge in [-0.2, -0.15) is 0 Å². The number of imidazole rings is 1. The molecular weight excluding hydrogens is 523 g/mol. The first-order chi connectivity index (χ1) is 20.2. The average molecular weight is 547 g/mol. The molecule has 8 aromatic rings. The summed E-state index contributed by atoms with van der Waals surface area (Å²) in [6.07, 6.45) is 3.44. The number of hydrogen-bond acceptors (Lipinski definition) is 4. The van der Waals surface area contributed by atoms with Gasteiger partial charge in [0.25, 0.3) is 0 Å². The molecule has 6 heteroatoms. The number of benzene rings is 5. The van der Waals surface area contributed by atoms with Crippen molar-refractivity contribution in [2.24, 2.45) is 0 Å². The molecule has 3 aromatic heterocycles. The van der Waals surface area contributed by atoms with Crippen molar-refractivity contribution in [1.82, 2.24) is 19.4 Å². The lowest BCUT2D eigenvalue weighted by molar-refractivity contribution is 0.592. The molecule has 5 aromatic carbocycles. The summed E-state index contributed by atoms with van der Waals surface area (Å²) in [5, 5.41) is 5.45. The molecule has 0 atom stereocenters. The van der Waals surface area contributed by atoms with Gasteiger partial charge in [-0.3, -0.25) is 4.40 Å². The summed E-state index contributed by atoms with van der Waals surface area (Å²) in [4.78, 5) is 14.5. The van der Waals surface area contributed by atoms with Crippen molar-refractivity contribution in [3.05, 3.63) is 140 Å². The molecule has 5 nitrogen and oxygen atoms in total. The van der Waals surface area contributed by atoms with Crippen LogP contribution in [0.25, 0.3) is 49.7 Å². The van der Waals surface area contributed by atoms with E-state index in [1.807, 2.05) is 78.9 Å². The van der Waals surface area contributed by atoms with E-state index in [9.17, 15) is 4.57 Å². The van der Waals surface area contributed by atoms with Gasteiger partial charge in [0.05, 0.1) is 21.9 Å². The topological polar surface area (TPSA) is 60.2 Å². The second-order valence-electron chi connectivity index (χ2n) is 10.1. The number of hydrogen-bond donors (Lipinski definition) is 0. The van der Waals surface area contributed by atoms with Gasteiger partial charge in [-0.25, -0.2) is 15.0 Å². The van der Waals surface area contributed by atoms with Gasteiger partial charge >= 0.3 is 0 Å². The minimum absolute atomic E-state index is 0.586. The van der Waals surface area contributed by atoms with Crippen LogP contribution in [0.3, 0.4) is 0 Å². The van der Waals surface area contributed by atoms with Gasteiger partial charge in [0, 0.05) is 39.3 Å². The van der Waals surface area contributed by atoms with E-state index in [0.29, 0.717) is 11.1 Å². The summed E-state index contributed by atoms with van der Waals surface area (Å²) in [5.41, 5.74) is 4.96. The van der Waals surface area contributed by atoms with Crippen LogP contribution < -0.4 is 15.9 Å². The van der Waals surface area contributed by atoms with Gasteiger partial charge in [-0.05, 0) is 35.7 Å². The molecule has 41 heavy (non-hydrogen) atoms. The molecule has 0 saturated heterocycles. The highest BCUT2D eigenvalue weighted by molar-refractivity contribution is 7.85. The zero-order valence-corrected chi connectivity index (χ0v) is 22.8. The predicted molar refractivity (Wildman–Crippen MR) is 168 cm³/mol. The van der Waals surface area contributed by atoms with E-state index >= 15 is 0 Å². The van der Waals surface area contributed by atoms with Gasteiger partial charge in [-0.1, -0.05) is 97.1 Å². The second kappa shape index (κ2) is 9.22. The third kappa shape index (κ3) is 3.63. The van der Waals surface area contributed by atoms with Crippen molar-refractivity contribution < 1.29 is 4.57 Å². The smallest absolute Gasteiger partial charge is 0.174 e. The van der Waals surface area contributed by atoms with Gasteiger partial charge in [0.2, 0.25) is 0 Å². The molecule has 0 unspecified atom stereocenters. The second-order valence-corrected chi connectivity index (χ2v) is 12.9. The first-order valence-electron chi connectivity index (χ1n) is 13.5. The summed E-state index contributed by atoms with van der Waals surface area (Å²) in [6, 6.07) is 42.1. The van der Waals surface area contributed by atoms with Crippen molar-refractivity contribution in [2.75, 3.05) is 0 Å². The van der Waals surface area contributed by atoms with Crippen LogP contribution in [0, 0.1) is 0 Å². The number of nitrogens with zero attached hydrogens (tertiary/aromatic N) is 4. The van der Waals surface area contributed by atoms with Crippen molar-refractivity contribution in [3.63, 3.8) is 0 Å². The SMILES string of the molecule is O=P(c1ccccc1)(c1ccccc1)c1cnc(-c2ccc3c(c2)c2ccccc2c2nc4ccccc4n32)nc1. The fraction of sp³-hybridized carbons (Fsp3) is 0. The van der Waals surface area contributed by atoms with Crippen LogP contribution in [-0.2, 0) is 4.57 Å². The summed E-state index contributed by atoms with van der Waals surface area (Å²) in [7, 11) is -3.14. The third-order valence-electron chi connectivity index (χ3n) is 7.76. The fourth-order valence-corrected chi connectivity index (χ4v) is 8.32. The number of fused-ring (bicyclic) bond motifs is 8. The molecule has 0 N–H and O–H groups in total. The Labute approximate surface area is 236 Å². The minimum atomic E-state index is -3.14. The largest absolute Gasteiger partial charge is 0.309 e. The minimum Gasteiger partial charge on any atom is -0.309 e. The molecule has 0 bridgehead atoms. The maximum Gasteiger partial charge on any atom is 0.174 e. The quantitative estimate of drug-likeness (QED) is 0.178. The van der Waals surface area contributed by atoms with Gasteiger partial charge in [0.1, 0.15) is 5.65 Å². The summed E-state index contributed by atoms with van der Waals surface area (Å²) >= 11 is 0. The average Bonchev–Trinajstić information content (AvgIpc) is 3.45. The summed E-state index contributed by atoms with van der Waals surface area (Å²) in [6.45, 7) is 0. The van der Waals surface area contributed by atoms with E-state index in [2.05, 4.69) is 52.9 Å². The number of para-hydroxylation sites is 2. The fourth-order valence-electron chi connectivity index (χ4n) is 5.81. The molecule has 0 aliphatic rings. The maximum absolute atomic E-state index is 14.7. The first-order valence-corrected chi connectivity index (χ1v) is 15.2. The Bertz CT molecular complexity index is 2230. The standard InChI is InChI=1S/C35H23N4OP/c40-41(25-11-3-1-4-12-25,26-13-5-2-6-14-26)27-22-36-34(37-23-27)24-19-20-32-30(21-24)28-15-7-8-16-29(28)35-38-31-17-9-10-18-33(31)39(32)35/h1-23H. The van der Waals surface area contributed by atoms with Crippen LogP contribution in [0.1, 0.15) is 0 Å². The summed E-state index contributed by atoms with van der Waals surface area (Å²) < 4.78 is 16.9. The Balaban J connectivity index is 1.30. The Morgan fingerprint density at radius 2 is 1.15 bits per heavy atom. The van der Waals surface area contributed by atoms with Crippen LogP contribution in [0.5, 0.6) is 0 Å². The number of pyridine rings is 1. The molecule has 3 heterocycles. The zero-order chi connectivity index (χ0) is 27.4. The lowest BCUT2D eigenvalue weighted by Crippen LogP contribution is -2.25. The van der Waals surface area contributed by atoms with Gasteiger partial charge in [0.15, 0.2) is 13.0 Å². The lowest BCUT2D eigenvalue weighted by Gasteiger charge is -2.19. The molecule has 194 valence electrons. The van der Waals surface area contributed by atoms with Gasteiger partial charge < -0.3 is 4.57 Å². The highest BCUT2D eigenvalue weighted by Crippen LogP contribution is 2.42. The summed E-state index contributed by atoms with van der Waals surface area (Å²) in [5.74, 6) is 0.586. The normalized spacial score (nSPS) is 12.0. The van der Waals surface area contributed by atoms with Crippen molar-refractivity contribution >= 4 is 61.4 Å². The van der Waals surface area contributed by atoms with E-state index in [1.54, 1.807) is 12.4 Å².